The van der Waals surface area contributed by atoms with Gasteiger partial charge in [-0.2, -0.15) is 0 Å². The van der Waals surface area contributed by atoms with Crippen molar-refractivity contribution in [3.8, 4) is 11.5 Å². The third-order valence-electron chi connectivity index (χ3n) is 4.49. The summed E-state index contributed by atoms with van der Waals surface area (Å²) in [5.41, 5.74) is 1.66. The topological polar surface area (TPSA) is 84.9 Å². The molecule has 170 valence electrons. The van der Waals surface area contributed by atoms with E-state index in [1.54, 1.807) is 42.5 Å². The molecule has 6 nitrogen and oxygen atoms in total. The van der Waals surface area contributed by atoms with Crippen molar-refractivity contribution in [3.05, 3.63) is 97.2 Å². The predicted molar refractivity (Wildman–Crippen MR) is 138 cm³/mol. The van der Waals surface area contributed by atoms with Gasteiger partial charge in [0, 0.05) is 14.7 Å². The number of carboxylic acid groups (broad SMARTS) is 1. The molecule has 0 atom stereocenters. The highest BCUT2D eigenvalue weighted by Gasteiger charge is 2.16. The highest BCUT2D eigenvalue weighted by molar-refractivity contribution is 14.1. The monoisotopic (exact) mass is 621 g/mol. The first-order valence-electron chi connectivity index (χ1n) is 10.0. The van der Waals surface area contributed by atoms with Gasteiger partial charge in [0.05, 0.1) is 11.1 Å². The third kappa shape index (κ3) is 6.82. The van der Waals surface area contributed by atoms with Crippen molar-refractivity contribution in [1.82, 2.24) is 5.32 Å². The summed E-state index contributed by atoms with van der Waals surface area (Å²) in [4.78, 5) is 24.2. The van der Waals surface area contributed by atoms with Crippen molar-refractivity contribution < 1.29 is 24.2 Å². The van der Waals surface area contributed by atoms with Gasteiger partial charge in [-0.05, 0) is 87.4 Å². The second-order valence-electron chi connectivity index (χ2n) is 6.83. The zero-order chi connectivity index (χ0) is 23.8. The molecule has 0 unspecified atom stereocenters. The zero-order valence-corrected chi connectivity index (χ0v) is 21.4. The van der Waals surface area contributed by atoms with Crippen LogP contribution in [0.15, 0.2) is 76.9 Å². The summed E-state index contributed by atoms with van der Waals surface area (Å²) < 4.78 is 13.5. The number of carbonyl (C=O) groups excluding carboxylic acids is 1. The lowest BCUT2D eigenvalue weighted by Gasteiger charge is -2.15. The molecule has 0 bridgehead atoms. The maximum absolute atomic E-state index is 12.4. The van der Waals surface area contributed by atoms with Gasteiger partial charge < -0.3 is 19.9 Å². The van der Waals surface area contributed by atoms with Crippen molar-refractivity contribution in [2.45, 2.75) is 13.5 Å². The molecule has 0 saturated heterocycles. The average molecular weight is 622 g/mol. The Kier molecular flexibility index (Phi) is 8.90. The number of ether oxygens (including phenoxy) is 2. The first-order valence-corrected chi connectivity index (χ1v) is 11.9. The molecule has 0 saturated carbocycles. The average Bonchev–Trinajstić information content (AvgIpc) is 2.80. The van der Waals surface area contributed by atoms with E-state index in [1.807, 2.05) is 31.2 Å². The molecule has 3 rings (SSSR count). The van der Waals surface area contributed by atoms with E-state index in [1.165, 1.54) is 6.08 Å². The van der Waals surface area contributed by atoms with Gasteiger partial charge >= 0.3 is 5.97 Å². The number of hydrogen-bond acceptors (Lipinski definition) is 4. The summed E-state index contributed by atoms with van der Waals surface area (Å²) in [6, 6.07) is 19.7. The summed E-state index contributed by atoms with van der Waals surface area (Å²) in [6.45, 7) is 2.60. The quantitative estimate of drug-likeness (QED) is 0.230. The van der Waals surface area contributed by atoms with Gasteiger partial charge in [0.1, 0.15) is 12.3 Å². The highest BCUT2D eigenvalue weighted by Crippen LogP contribution is 2.38. The molecule has 0 aliphatic rings. The van der Waals surface area contributed by atoms with Crippen LogP contribution in [0.1, 0.15) is 28.4 Å². The fraction of sp³-hybridized carbons (Fsp3) is 0.120. The fourth-order valence-corrected chi connectivity index (χ4v) is 4.06. The van der Waals surface area contributed by atoms with Crippen LogP contribution in [0, 0.1) is 3.57 Å². The molecule has 3 aromatic carbocycles. The number of nitrogens with one attached hydrogen (secondary N) is 1. The molecule has 0 aliphatic heterocycles. The standard InChI is InChI=1S/C25H21BrINO5/c1-2-32-22-14-16(12-19(26)23(22)33-15-18-10-6-7-11-20(18)27)13-21(25(30)31)28-24(29)17-8-4-3-5-9-17/h3-14H,2,15H2,1H3,(H,28,29)(H,30,31). The van der Waals surface area contributed by atoms with Crippen LogP contribution in [-0.2, 0) is 11.4 Å². The minimum Gasteiger partial charge on any atom is -0.490 e. The van der Waals surface area contributed by atoms with E-state index in [0.717, 1.165) is 9.13 Å². The predicted octanol–water partition coefficient (Wildman–Crippen LogP) is 5.89. The number of halogens is 2. The van der Waals surface area contributed by atoms with E-state index < -0.39 is 11.9 Å². The van der Waals surface area contributed by atoms with E-state index >= 15 is 0 Å². The Hall–Kier alpha value is -2.85. The Bertz CT molecular complexity index is 1180. The van der Waals surface area contributed by atoms with Gasteiger partial charge in [0.2, 0.25) is 0 Å². The number of carboxylic acids is 1. The highest BCUT2D eigenvalue weighted by atomic mass is 127. The van der Waals surface area contributed by atoms with Crippen LogP contribution in [0.2, 0.25) is 0 Å². The molecular weight excluding hydrogens is 601 g/mol. The Balaban J connectivity index is 1.88. The van der Waals surface area contributed by atoms with Gasteiger partial charge in [0.15, 0.2) is 11.5 Å². The van der Waals surface area contributed by atoms with Gasteiger partial charge in [-0.25, -0.2) is 4.79 Å². The number of carbonyl (C=O) groups is 2. The molecule has 0 spiro atoms. The molecule has 2 N–H and O–H groups in total. The fourth-order valence-electron chi connectivity index (χ4n) is 2.94. The summed E-state index contributed by atoms with van der Waals surface area (Å²) in [5, 5.41) is 12.1. The summed E-state index contributed by atoms with van der Waals surface area (Å²) >= 11 is 5.76. The lowest BCUT2D eigenvalue weighted by atomic mass is 10.1. The van der Waals surface area contributed by atoms with Crippen molar-refractivity contribution in [3.63, 3.8) is 0 Å². The van der Waals surface area contributed by atoms with Crippen LogP contribution < -0.4 is 14.8 Å². The van der Waals surface area contributed by atoms with Crippen molar-refractivity contribution >= 4 is 56.5 Å². The first kappa shape index (κ1) is 24.8. The number of hydrogen-bond donors (Lipinski definition) is 2. The number of aliphatic carboxylic acids is 1. The molecule has 8 heteroatoms. The first-order chi connectivity index (χ1) is 15.9. The summed E-state index contributed by atoms with van der Waals surface area (Å²) in [7, 11) is 0. The Labute approximate surface area is 213 Å². The molecule has 0 aromatic heterocycles. The van der Waals surface area contributed by atoms with Crippen LogP contribution in [0.4, 0.5) is 0 Å². The van der Waals surface area contributed by atoms with Gasteiger partial charge in [-0.3, -0.25) is 4.79 Å². The van der Waals surface area contributed by atoms with E-state index in [0.29, 0.717) is 40.3 Å². The van der Waals surface area contributed by atoms with Gasteiger partial charge in [-0.1, -0.05) is 36.4 Å². The van der Waals surface area contributed by atoms with Crippen LogP contribution in [0.25, 0.3) is 6.08 Å². The molecule has 0 heterocycles. The largest absolute Gasteiger partial charge is 0.490 e. The van der Waals surface area contributed by atoms with E-state index in [9.17, 15) is 14.7 Å². The van der Waals surface area contributed by atoms with Gasteiger partial charge in [-0.15, -0.1) is 0 Å². The van der Waals surface area contributed by atoms with E-state index in [-0.39, 0.29) is 5.70 Å². The number of amides is 1. The van der Waals surface area contributed by atoms with Crippen LogP contribution in [0.5, 0.6) is 11.5 Å². The second kappa shape index (κ2) is 11.9. The lowest BCUT2D eigenvalue weighted by Crippen LogP contribution is -2.27. The molecule has 0 radical (unpaired) electrons. The third-order valence-corrected chi connectivity index (χ3v) is 6.13. The number of benzene rings is 3. The van der Waals surface area contributed by atoms with E-state index in [2.05, 4.69) is 43.8 Å². The SMILES string of the molecule is CCOc1cc(C=C(NC(=O)c2ccccc2)C(=O)O)cc(Br)c1OCc1ccccc1I. The molecule has 0 aliphatic carbocycles. The molecular formula is C25H21BrINO5. The van der Waals surface area contributed by atoms with Crippen molar-refractivity contribution in [1.29, 1.82) is 0 Å². The smallest absolute Gasteiger partial charge is 0.352 e. The second-order valence-corrected chi connectivity index (χ2v) is 8.84. The minimum absolute atomic E-state index is 0.259. The normalized spacial score (nSPS) is 11.1. The maximum Gasteiger partial charge on any atom is 0.352 e. The summed E-state index contributed by atoms with van der Waals surface area (Å²) in [6.07, 6.45) is 1.38. The molecule has 33 heavy (non-hydrogen) atoms. The van der Waals surface area contributed by atoms with E-state index in [4.69, 9.17) is 9.47 Å². The van der Waals surface area contributed by atoms with Crippen molar-refractivity contribution in [2.75, 3.05) is 6.61 Å². The lowest BCUT2D eigenvalue weighted by molar-refractivity contribution is -0.132. The molecule has 0 fully saturated rings. The molecule has 1 amide bonds. The van der Waals surface area contributed by atoms with Crippen LogP contribution >= 0.6 is 38.5 Å². The zero-order valence-electron chi connectivity index (χ0n) is 17.7. The Morgan fingerprint density at radius 3 is 2.42 bits per heavy atom. The number of rotatable bonds is 9. The minimum atomic E-state index is -1.26. The van der Waals surface area contributed by atoms with Gasteiger partial charge in [0.25, 0.3) is 5.91 Å². The molecule has 3 aromatic rings. The maximum atomic E-state index is 12.4. The Morgan fingerprint density at radius 2 is 1.76 bits per heavy atom. The summed E-state index contributed by atoms with van der Waals surface area (Å²) in [5.74, 6) is -0.792. The Morgan fingerprint density at radius 1 is 1.06 bits per heavy atom. The van der Waals surface area contributed by atoms with Crippen LogP contribution in [0.3, 0.4) is 0 Å². The van der Waals surface area contributed by atoms with Crippen LogP contribution in [-0.4, -0.2) is 23.6 Å². The van der Waals surface area contributed by atoms with Crippen molar-refractivity contribution in [2.24, 2.45) is 0 Å².